The molecule has 1 aromatic rings. The lowest BCUT2D eigenvalue weighted by molar-refractivity contribution is 0.0991. The fraction of sp³-hybridized carbons (Fsp3) is 0.417. The number of hydrogen-bond acceptors (Lipinski definition) is 2. The minimum absolute atomic E-state index is 0.129. The SMILES string of the molecule is Cc1cc(C)c2c(c1)CSC(C)C2=O. The summed E-state index contributed by atoms with van der Waals surface area (Å²) in [5, 5.41) is 0.129. The van der Waals surface area contributed by atoms with E-state index in [0.29, 0.717) is 5.78 Å². The van der Waals surface area contributed by atoms with Crippen LogP contribution in [-0.2, 0) is 5.75 Å². The van der Waals surface area contributed by atoms with E-state index in [1.54, 1.807) is 11.8 Å². The summed E-state index contributed by atoms with van der Waals surface area (Å²) in [6, 6.07) is 4.23. The lowest BCUT2D eigenvalue weighted by Crippen LogP contribution is -2.21. The molecule has 74 valence electrons. The Morgan fingerprint density at radius 3 is 2.79 bits per heavy atom. The van der Waals surface area contributed by atoms with E-state index in [-0.39, 0.29) is 5.25 Å². The van der Waals surface area contributed by atoms with Gasteiger partial charge in [-0.2, -0.15) is 0 Å². The summed E-state index contributed by atoms with van der Waals surface area (Å²) in [5.74, 6) is 1.28. The van der Waals surface area contributed by atoms with Crippen molar-refractivity contribution in [1.82, 2.24) is 0 Å². The number of thioether (sulfide) groups is 1. The summed E-state index contributed by atoms with van der Waals surface area (Å²) in [5.41, 5.74) is 4.58. The molecule has 2 rings (SSSR count). The monoisotopic (exact) mass is 206 g/mol. The van der Waals surface area contributed by atoms with Crippen LogP contribution in [0.1, 0.15) is 34.0 Å². The van der Waals surface area contributed by atoms with Crippen LogP contribution in [-0.4, -0.2) is 11.0 Å². The molecular weight excluding hydrogens is 192 g/mol. The first-order valence-corrected chi connectivity index (χ1v) is 5.90. The van der Waals surface area contributed by atoms with Crippen molar-refractivity contribution in [2.45, 2.75) is 31.8 Å². The van der Waals surface area contributed by atoms with Gasteiger partial charge in [-0.05, 0) is 31.9 Å². The van der Waals surface area contributed by atoms with Crippen LogP contribution in [0.4, 0.5) is 0 Å². The molecule has 0 N–H and O–H groups in total. The lowest BCUT2D eigenvalue weighted by atomic mass is 9.95. The number of carbonyl (C=O) groups is 1. The highest BCUT2D eigenvalue weighted by Crippen LogP contribution is 2.32. The van der Waals surface area contributed by atoms with Crippen molar-refractivity contribution in [3.05, 3.63) is 34.4 Å². The third-order valence-electron chi connectivity index (χ3n) is 2.67. The van der Waals surface area contributed by atoms with Crippen molar-refractivity contribution in [2.24, 2.45) is 0 Å². The molecule has 0 radical (unpaired) electrons. The molecule has 0 spiro atoms. The van der Waals surface area contributed by atoms with Crippen LogP contribution in [0, 0.1) is 13.8 Å². The second kappa shape index (κ2) is 3.43. The highest BCUT2D eigenvalue weighted by molar-refractivity contribution is 8.00. The second-order valence-corrected chi connectivity index (χ2v) is 5.26. The van der Waals surface area contributed by atoms with Crippen molar-refractivity contribution in [2.75, 3.05) is 0 Å². The minimum atomic E-state index is 0.129. The van der Waals surface area contributed by atoms with Gasteiger partial charge >= 0.3 is 0 Å². The van der Waals surface area contributed by atoms with E-state index in [1.807, 2.05) is 13.8 Å². The molecule has 1 nitrogen and oxygen atoms in total. The summed E-state index contributed by atoms with van der Waals surface area (Å²) in [6.07, 6.45) is 0. The van der Waals surface area contributed by atoms with E-state index >= 15 is 0 Å². The fourth-order valence-electron chi connectivity index (χ4n) is 2.02. The number of rotatable bonds is 0. The highest BCUT2D eigenvalue weighted by Gasteiger charge is 2.25. The van der Waals surface area contributed by atoms with Crippen LogP contribution in [0.3, 0.4) is 0 Å². The lowest BCUT2D eigenvalue weighted by Gasteiger charge is -2.22. The highest BCUT2D eigenvalue weighted by atomic mass is 32.2. The topological polar surface area (TPSA) is 17.1 Å². The zero-order chi connectivity index (χ0) is 10.3. The zero-order valence-corrected chi connectivity index (χ0v) is 9.57. The first kappa shape index (κ1) is 9.78. The van der Waals surface area contributed by atoms with E-state index in [4.69, 9.17) is 0 Å². The summed E-state index contributed by atoms with van der Waals surface area (Å²) >= 11 is 1.74. The van der Waals surface area contributed by atoms with Crippen LogP contribution in [0.25, 0.3) is 0 Å². The molecule has 0 fully saturated rings. The first-order chi connectivity index (χ1) is 6.59. The van der Waals surface area contributed by atoms with Crippen molar-refractivity contribution < 1.29 is 4.79 Å². The van der Waals surface area contributed by atoms with E-state index in [0.717, 1.165) is 16.9 Å². The van der Waals surface area contributed by atoms with Crippen molar-refractivity contribution in [3.8, 4) is 0 Å². The molecule has 0 bridgehead atoms. The molecule has 1 atom stereocenters. The number of carbonyl (C=O) groups excluding carboxylic acids is 1. The molecule has 1 aliphatic heterocycles. The van der Waals surface area contributed by atoms with Gasteiger partial charge in [-0.1, -0.05) is 17.7 Å². The Morgan fingerprint density at radius 2 is 2.07 bits per heavy atom. The molecule has 0 aliphatic carbocycles. The molecule has 0 saturated carbocycles. The zero-order valence-electron chi connectivity index (χ0n) is 8.76. The Balaban J connectivity index is 2.60. The predicted molar refractivity (Wildman–Crippen MR) is 61.0 cm³/mol. The van der Waals surface area contributed by atoms with Crippen LogP contribution in [0.2, 0.25) is 0 Å². The number of benzene rings is 1. The Hall–Kier alpha value is -0.760. The number of ketones is 1. The molecule has 0 amide bonds. The third-order valence-corrected chi connectivity index (χ3v) is 3.86. The quantitative estimate of drug-likeness (QED) is 0.648. The Kier molecular flexibility index (Phi) is 2.40. The third kappa shape index (κ3) is 1.48. The molecule has 14 heavy (non-hydrogen) atoms. The number of aryl methyl sites for hydroxylation is 2. The first-order valence-electron chi connectivity index (χ1n) is 4.85. The maximum absolute atomic E-state index is 11.9. The van der Waals surface area contributed by atoms with E-state index in [2.05, 4.69) is 19.1 Å². The summed E-state index contributed by atoms with van der Waals surface area (Å²) < 4.78 is 0. The van der Waals surface area contributed by atoms with E-state index in [1.165, 1.54) is 11.1 Å². The molecule has 2 heteroatoms. The van der Waals surface area contributed by atoms with Gasteiger partial charge in [0.1, 0.15) is 0 Å². The van der Waals surface area contributed by atoms with Crippen molar-refractivity contribution in [3.63, 3.8) is 0 Å². The number of Topliss-reactive ketones (excluding diaryl/α,β-unsaturated/α-hetero) is 1. The molecule has 1 heterocycles. The molecule has 0 aromatic heterocycles. The Morgan fingerprint density at radius 1 is 1.36 bits per heavy atom. The van der Waals surface area contributed by atoms with Crippen molar-refractivity contribution in [1.29, 1.82) is 0 Å². The molecule has 1 unspecified atom stereocenters. The van der Waals surface area contributed by atoms with Gasteiger partial charge in [-0.3, -0.25) is 4.79 Å². The van der Waals surface area contributed by atoms with Gasteiger partial charge < -0.3 is 0 Å². The Labute approximate surface area is 88.9 Å². The Bertz CT molecular complexity index is 396. The normalized spacial score (nSPS) is 20.8. The maximum Gasteiger partial charge on any atom is 0.176 e. The minimum Gasteiger partial charge on any atom is -0.293 e. The van der Waals surface area contributed by atoms with Gasteiger partial charge in [0, 0.05) is 11.3 Å². The maximum atomic E-state index is 11.9. The standard InChI is InChI=1S/C12H14OS/c1-7-4-8(2)11-10(5-7)6-14-9(3)12(11)13/h4-5,9H,6H2,1-3H3. The van der Waals surface area contributed by atoms with Crippen LogP contribution in [0.15, 0.2) is 12.1 Å². The van der Waals surface area contributed by atoms with Crippen LogP contribution < -0.4 is 0 Å². The van der Waals surface area contributed by atoms with Gasteiger partial charge in [0.15, 0.2) is 5.78 Å². The van der Waals surface area contributed by atoms with Crippen molar-refractivity contribution >= 4 is 17.5 Å². The molecule has 1 aliphatic rings. The van der Waals surface area contributed by atoms with Crippen LogP contribution in [0.5, 0.6) is 0 Å². The van der Waals surface area contributed by atoms with Gasteiger partial charge in [0.2, 0.25) is 0 Å². The summed E-state index contributed by atoms with van der Waals surface area (Å²) in [4.78, 5) is 11.9. The molecule has 0 saturated heterocycles. The largest absolute Gasteiger partial charge is 0.293 e. The number of hydrogen-bond donors (Lipinski definition) is 0. The van der Waals surface area contributed by atoms with Gasteiger partial charge in [0.05, 0.1) is 5.25 Å². The molecule has 1 aromatic carbocycles. The van der Waals surface area contributed by atoms with E-state index in [9.17, 15) is 4.79 Å². The smallest absolute Gasteiger partial charge is 0.176 e. The van der Waals surface area contributed by atoms with Gasteiger partial charge in [0.25, 0.3) is 0 Å². The second-order valence-electron chi connectivity index (χ2n) is 3.93. The average molecular weight is 206 g/mol. The molecular formula is C12H14OS. The van der Waals surface area contributed by atoms with Gasteiger partial charge in [-0.15, -0.1) is 11.8 Å². The summed E-state index contributed by atoms with van der Waals surface area (Å²) in [6.45, 7) is 6.11. The predicted octanol–water partition coefficient (Wildman–Crippen LogP) is 3.12. The van der Waals surface area contributed by atoms with Crippen LogP contribution >= 0.6 is 11.8 Å². The summed E-state index contributed by atoms with van der Waals surface area (Å²) in [7, 11) is 0. The van der Waals surface area contributed by atoms with Gasteiger partial charge in [-0.25, -0.2) is 0 Å². The average Bonchev–Trinajstić information content (AvgIpc) is 2.10. The van der Waals surface area contributed by atoms with E-state index < -0.39 is 0 Å². The number of fused-ring (bicyclic) bond motifs is 1. The fourth-order valence-corrected chi connectivity index (χ4v) is 2.94.